The molecule has 0 aliphatic rings. The highest BCUT2D eigenvalue weighted by molar-refractivity contribution is 6.33. The van der Waals surface area contributed by atoms with Gasteiger partial charge in [-0.2, -0.15) is 0 Å². The van der Waals surface area contributed by atoms with Crippen molar-refractivity contribution < 1.29 is 4.79 Å². The summed E-state index contributed by atoms with van der Waals surface area (Å²) in [6.07, 6.45) is 3.04. The number of aromatic nitrogens is 2. The Morgan fingerprint density at radius 1 is 1.44 bits per heavy atom. The Morgan fingerprint density at radius 3 is 2.89 bits per heavy atom. The predicted octanol–water partition coefficient (Wildman–Crippen LogP) is 2.27. The quantitative estimate of drug-likeness (QED) is 0.870. The SMILES string of the molecule is Cc1ncccc1NC(=O)c1cnc(N)c(Cl)c1. The van der Waals surface area contributed by atoms with E-state index in [2.05, 4.69) is 15.3 Å². The Hall–Kier alpha value is -2.14. The van der Waals surface area contributed by atoms with Crippen molar-refractivity contribution in [3.05, 3.63) is 46.9 Å². The van der Waals surface area contributed by atoms with Crippen molar-refractivity contribution in [2.75, 3.05) is 11.1 Å². The van der Waals surface area contributed by atoms with Gasteiger partial charge in [-0.15, -0.1) is 0 Å². The van der Waals surface area contributed by atoms with Gasteiger partial charge in [-0.1, -0.05) is 11.6 Å². The first-order valence-electron chi connectivity index (χ1n) is 5.22. The van der Waals surface area contributed by atoms with Crippen LogP contribution in [0, 0.1) is 6.92 Å². The molecule has 0 aliphatic carbocycles. The summed E-state index contributed by atoms with van der Waals surface area (Å²) in [4.78, 5) is 19.9. The van der Waals surface area contributed by atoms with E-state index in [0.29, 0.717) is 11.3 Å². The van der Waals surface area contributed by atoms with Crippen LogP contribution in [0.2, 0.25) is 5.02 Å². The number of nitrogen functional groups attached to an aromatic ring is 1. The normalized spacial score (nSPS) is 10.1. The summed E-state index contributed by atoms with van der Waals surface area (Å²) in [6.45, 7) is 1.81. The van der Waals surface area contributed by atoms with Crippen LogP contribution < -0.4 is 11.1 Å². The van der Waals surface area contributed by atoms with Gasteiger partial charge in [0.2, 0.25) is 0 Å². The number of amides is 1. The minimum atomic E-state index is -0.305. The molecule has 0 unspecified atom stereocenters. The molecule has 0 atom stereocenters. The van der Waals surface area contributed by atoms with E-state index in [1.807, 2.05) is 6.92 Å². The first-order chi connectivity index (χ1) is 8.58. The highest BCUT2D eigenvalue weighted by Gasteiger charge is 2.10. The monoisotopic (exact) mass is 262 g/mol. The molecule has 5 nitrogen and oxygen atoms in total. The number of hydrogen-bond donors (Lipinski definition) is 2. The molecule has 2 rings (SSSR count). The van der Waals surface area contributed by atoms with Crippen LogP contribution >= 0.6 is 11.6 Å². The molecular weight excluding hydrogens is 252 g/mol. The van der Waals surface area contributed by atoms with Crippen molar-refractivity contribution in [1.82, 2.24) is 9.97 Å². The molecule has 0 aliphatic heterocycles. The van der Waals surface area contributed by atoms with E-state index in [1.165, 1.54) is 12.3 Å². The number of aryl methyl sites for hydroxylation is 1. The van der Waals surface area contributed by atoms with Gasteiger partial charge in [-0.25, -0.2) is 4.98 Å². The van der Waals surface area contributed by atoms with E-state index < -0.39 is 0 Å². The fourth-order valence-corrected chi connectivity index (χ4v) is 1.55. The molecule has 6 heteroatoms. The van der Waals surface area contributed by atoms with Gasteiger partial charge in [0.05, 0.1) is 22.0 Å². The van der Waals surface area contributed by atoms with E-state index in [4.69, 9.17) is 17.3 Å². The fourth-order valence-electron chi connectivity index (χ4n) is 1.38. The summed E-state index contributed by atoms with van der Waals surface area (Å²) in [5.74, 6) is -0.105. The van der Waals surface area contributed by atoms with E-state index in [9.17, 15) is 4.79 Å². The number of nitrogens with two attached hydrogens (primary N) is 1. The lowest BCUT2D eigenvalue weighted by molar-refractivity contribution is 0.102. The van der Waals surface area contributed by atoms with Gasteiger partial charge < -0.3 is 11.1 Å². The summed E-state index contributed by atoms with van der Waals surface area (Å²) in [5.41, 5.74) is 7.21. The van der Waals surface area contributed by atoms with Gasteiger partial charge in [-0.05, 0) is 25.1 Å². The number of nitrogens with zero attached hydrogens (tertiary/aromatic N) is 2. The molecule has 0 saturated carbocycles. The average Bonchev–Trinajstić information content (AvgIpc) is 2.35. The Morgan fingerprint density at radius 2 is 2.22 bits per heavy atom. The van der Waals surface area contributed by atoms with Crippen molar-refractivity contribution in [2.24, 2.45) is 0 Å². The first-order valence-corrected chi connectivity index (χ1v) is 5.59. The summed E-state index contributed by atoms with van der Waals surface area (Å²) in [5, 5.41) is 2.99. The lowest BCUT2D eigenvalue weighted by Gasteiger charge is -2.07. The minimum Gasteiger partial charge on any atom is -0.382 e. The lowest BCUT2D eigenvalue weighted by atomic mass is 10.2. The number of carbonyl (C=O) groups excluding carboxylic acids is 1. The van der Waals surface area contributed by atoms with Crippen LogP contribution in [0.3, 0.4) is 0 Å². The highest BCUT2D eigenvalue weighted by Crippen LogP contribution is 2.18. The molecule has 0 aromatic carbocycles. The van der Waals surface area contributed by atoms with Crippen LogP contribution in [0.5, 0.6) is 0 Å². The van der Waals surface area contributed by atoms with Crippen LogP contribution in [0.4, 0.5) is 11.5 Å². The lowest BCUT2D eigenvalue weighted by Crippen LogP contribution is -2.13. The van der Waals surface area contributed by atoms with Crippen molar-refractivity contribution in [3.8, 4) is 0 Å². The fraction of sp³-hybridized carbons (Fsp3) is 0.0833. The molecular formula is C12H11ClN4O. The van der Waals surface area contributed by atoms with Crippen molar-refractivity contribution in [2.45, 2.75) is 6.92 Å². The maximum Gasteiger partial charge on any atom is 0.257 e. The Labute approximate surface area is 109 Å². The highest BCUT2D eigenvalue weighted by atomic mass is 35.5. The summed E-state index contributed by atoms with van der Waals surface area (Å²) >= 11 is 5.81. The number of hydrogen-bond acceptors (Lipinski definition) is 4. The zero-order chi connectivity index (χ0) is 13.1. The molecule has 3 N–H and O–H groups in total. The number of carbonyl (C=O) groups is 1. The third kappa shape index (κ3) is 2.57. The molecule has 1 amide bonds. The van der Waals surface area contributed by atoms with Gasteiger partial charge in [-0.3, -0.25) is 9.78 Å². The van der Waals surface area contributed by atoms with Gasteiger partial charge in [0.15, 0.2) is 0 Å². The van der Waals surface area contributed by atoms with E-state index in [1.54, 1.807) is 18.3 Å². The number of halogens is 1. The van der Waals surface area contributed by atoms with E-state index in [0.717, 1.165) is 5.69 Å². The molecule has 0 spiro atoms. The third-order valence-electron chi connectivity index (χ3n) is 2.39. The largest absolute Gasteiger partial charge is 0.382 e. The predicted molar refractivity (Wildman–Crippen MR) is 70.6 cm³/mol. The number of pyridine rings is 2. The second-order valence-corrected chi connectivity index (χ2v) is 4.09. The van der Waals surface area contributed by atoms with Crippen LogP contribution in [-0.4, -0.2) is 15.9 Å². The number of anilines is 2. The summed E-state index contributed by atoms with van der Waals surface area (Å²) < 4.78 is 0. The van der Waals surface area contributed by atoms with Gasteiger partial charge in [0, 0.05) is 12.4 Å². The number of rotatable bonds is 2. The number of nitrogens with one attached hydrogen (secondary N) is 1. The van der Waals surface area contributed by atoms with Crippen molar-refractivity contribution in [3.63, 3.8) is 0 Å². The van der Waals surface area contributed by atoms with Crippen LogP contribution in [0.25, 0.3) is 0 Å². The van der Waals surface area contributed by atoms with Crippen molar-refractivity contribution >= 4 is 29.0 Å². The second-order valence-electron chi connectivity index (χ2n) is 3.68. The van der Waals surface area contributed by atoms with Crippen LogP contribution in [-0.2, 0) is 0 Å². The van der Waals surface area contributed by atoms with Crippen molar-refractivity contribution in [1.29, 1.82) is 0 Å². The zero-order valence-electron chi connectivity index (χ0n) is 9.64. The van der Waals surface area contributed by atoms with Gasteiger partial charge in [0.1, 0.15) is 5.82 Å². The molecule has 2 aromatic rings. The third-order valence-corrected chi connectivity index (χ3v) is 2.69. The summed E-state index contributed by atoms with van der Waals surface area (Å²) in [7, 11) is 0. The average molecular weight is 263 g/mol. The smallest absolute Gasteiger partial charge is 0.257 e. The Balaban J connectivity index is 2.22. The molecule has 0 bridgehead atoms. The standard InChI is InChI=1S/C12H11ClN4O/c1-7-10(3-2-4-15-7)17-12(18)8-5-9(13)11(14)16-6-8/h2-6H,1H3,(H2,14,16)(H,17,18). The molecule has 18 heavy (non-hydrogen) atoms. The maximum atomic E-state index is 12.0. The molecule has 0 radical (unpaired) electrons. The topological polar surface area (TPSA) is 80.9 Å². The zero-order valence-corrected chi connectivity index (χ0v) is 10.4. The molecule has 92 valence electrons. The Kier molecular flexibility index (Phi) is 3.43. The Bertz CT molecular complexity index is 600. The first kappa shape index (κ1) is 12.3. The second kappa shape index (κ2) is 5.01. The van der Waals surface area contributed by atoms with E-state index >= 15 is 0 Å². The minimum absolute atomic E-state index is 0.200. The maximum absolute atomic E-state index is 12.0. The molecule has 2 aromatic heterocycles. The molecule has 0 saturated heterocycles. The van der Waals surface area contributed by atoms with Crippen LogP contribution in [0.1, 0.15) is 16.1 Å². The van der Waals surface area contributed by atoms with E-state index in [-0.39, 0.29) is 16.7 Å². The molecule has 0 fully saturated rings. The molecule has 2 heterocycles. The van der Waals surface area contributed by atoms with Gasteiger partial charge >= 0.3 is 0 Å². The summed E-state index contributed by atoms with van der Waals surface area (Å²) in [6, 6.07) is 4.99. The van der Waals surface area contributed by atoms with Crippen LogP contribution in [0.15, 0.2) is 30.6 Å². The van der Waals surface area contributed by atoms with Gasteiger partial charge in [0.25, 0.3) is 5.91 Å².